The summed E-state index contributed by atoms with van der Waals surface area (Å²) in [6, 6.07) is 8.25. The average molecular weight is 339 g/mol. The van der Waals surface area contributed by atoms with Gasteiger partial charge in [-0.1, -0.05) is 31.0 Å². The molecule has 3 unspecified atom stereocenters. The molecule has 1 aromatic heterocycles. The van der Waals surface area contributed by atoms with Gasteiger partial charge in [-0.05, 0) is 49.1 Å². The highest BCUT2D eigenvalue weighted by molar-refractivity contribution is 5.85. The van der Waals surface area contributed by atoms with Crippen molar-refractivity contribution in [2.45, 2.75) is 57.7 Å². The number of hydrogen-bond donors (Lipinski definition) is 2. The molecule has 1 saturated carbocycles. The first kappa shape index (κ1) is 16.2. The lowest BCUT2D eigenvalue weighted by atomic mass is 9.85. The van der Waals surface area contributed by atoms with Gasteiger partial charge < -0.3 is 15.2 Å². The first-order chi connectivity index (χ1) is 12.1. The van der Waals surface area contributed by atoms with E-state index in [4.69, 9.17) is 0 Å². The molecular weight excluding hydrogens is 314 g/mol. The van der Waals surface area contributed by atoms with Gasteiger partial charge in [0.2, 0.25) is 0 Å². The number of benzene rings is 1. The smallest absolute Gasteiger partial charge is 0.318 e. The van der Waals surface area contributed by atoms with Gasteiger partial charge in [-0.2, -0.15) is 0 Å². The number of pyridine rings is 1. The highest BCUT2D eigenvalue weighted by atomic mass is 16.2. The SMILES string of the molecule is CC1CC2CCCCC2N1C(=O)NCc1c[nH]c(=O)c2ccccc12. The highest BCUT2D eigenvalue weighted by Crippen LogP contribution is 2.39. The summed E-state index contributed by atoms with van der Waals surface area (Å²) in [5.41, 5.74) is 0.847. The van der Waals surface area contributed by atoms with Crippen molar-refractivity contribution >= 4 is 16.8 Å². The normalized spacial score (nSPS) is 25.8. The van der Waals surface area contributed by atoms with Crippen molar-refractivity contribution < 1.29 is 4.79 Å². The van der Waals surface area contributed by atoms with E-state index in [-0.39, 0.29) is 11.6 Å². The molecule has 4 rings (SSSR count). The zero-order chi connectivity index (χ0) is 17.4. The number of urea groups is 1. The molecule has 2 aromatic rings. The fourth-order valence-corrected chi connectivity index (χ4v) is 4.74. The van der Waals surface area contributed by atoms with E-state index in [0.29, 0.717) is 29.9 Å². The zero-order valence-corrected chi connectivity index (χ0v) is 14.6. The average Bonchev–Trinajstić information content (AvgIpc) is 2.97. The summed E-state index contributed by atoms with van der Waals surface area (Å²) in [4.78, 5) is 29.6. The van der Waals surface area contributed by atoms with Gasteiger partial charge in [0.05, 0.1) is 0 Å². The zero-order valence-electron chi connectivity index (χ0n) is 14.6. The van der Waals surface area contributed by atoms with Crippen molar-refractivity contribution in [3.05, 3.63) is 46.4 Å². The number of carbonyl (C=O) groups excluding carboxylic acids is 1. The maximum absolute atomic E-state index is 12.8. The lowest BCUT2D eigenvalue weighted by Crippen LogP contribution is -2.47. The molecule has 1 saturated heterocycles. The molecule has 132 valence electrons. The Hall–Kier alpha value is -2.30. The molecule has 2 heterocycles. The van der Waals surface area contributed by atoms with Crippen LogP contribution in [0.5, 0.6) is 0 Å². The van der Waals surface area contributed by atoms with Crippen LogP contribution in [0.4, 0.5) is 4.79 Å². The van der Waals surface area contributed by atoms with Crippen LogP contribution in [0.1, 0.15) is 44.6 Å². The number of aromatic amines is 1. The maximum Gasteiger partial charge on any atom is 0.318 e. The Morgan fingerprint density at radius 1 is 1.24 bits per heavy atom. The molecule has 2 aliphatic rings. The summed E-state index contributed by atoms with van der Waals surface area (Å²) in [5.74, 6) is 0.670. The van der Waals surface area contributed by atoms with Crippen LogP contribution >= 0.6 is 0 Å². The Labute approximate surface area is 147 Å². The monoisotopic (exact) mass is 339 g/mol. The van der Waals surface area contributed by atoms with Crippen molar-refractivity contribution in [3.8, 4) is 0 Å². The lowest BCUT2D eigenvalue weighted by molar-refractivity contribution is 0.155. The van der Waals surface area contributed by atoms with Crippen LogP contribution in [0.15, 0.2) is 35.3 Å². The third kappa shape index (κ3) is 2.92. The number of hydrogen-bond acceptors (Lipinski definition) is 2. The van der Waals surface area contributed by atoms with Crippen LogP contribution < -0.4 is 10.9 Å². The summed E-state index contributed by atoms with van der Waals surface area (Å²) in [5, 5.41) is 4.64. The number of nitrogens with zero attached hydrogens (tertiary/aromatic N) is 1. The Morgan fingerprint density at radius 3 is 2.84 bits per heavy atom. The number of carbonyl (C=O) groups is 1. The molecule has 2 amide bonds. The van der Waals surface area contributed by atoms with Crippen molar-refractivity contribution in [2.24, 2.45) is 5.92 Å². The second-order valence-electron chi connectivity index (χ2n) is 7.45. The molecule has 5 heteroatoms. The minimum Gasteiger partial charge on any atom is -0.334 e. The third-order valence-electron chi connectivity index (χ3n) is 5.90. The molecular formula is C20H25N3O2. The first-order valence-electron chi connectivity index (χ1n) is 9.30. The van der Waals surface area contributed by atoms with E-state index in [1.807, 2.05) is 24.3 Å². The molecule has 3 atom stereocenters. The minimum absolute atomic E-state index is 0.0252. The van der Waals surface area contributed by atoms with Crippen LogP contribution in [-0.2, 0) is 6.54 Å². The van der Waals surface area contributed by atoms with Crippen LogP contribution in [0.3, 0.4) is 0 Å². The van der Waals surface area contributed by atoms with Crippen molar-refractivity contribution in [2.75, 3.05) is 0 Å². The van der Waals surface area contributed by atoms with E-state index in [2.05, 4.69) is 22.1 Å². The van der Waals surface area contributed by atoms with Gasteiger partial charge in [0.1, 0.15) is 0 Å². The van der Waals surface area contributed by atoms with E-state index < -0.39 is 0 Å². The molecule has 2 fully saturated rings. The lowest BCUT2D eigenvalue weighted by Gasteiger charge is -2.33. The second kappa shape index (κ2) is 6.54. The van der Waals surface area contributed by atoms with Crippen LogP contribution in [-0.4, -0.2) is 28.0 Å². The quantitative estimate of drug-likeness (QED) is 0.881. The Balaban J connectivity index is 1.51. The number of amides is 2. The minimum atomic E-state index is -0.0936. The molecule has 5 nitrogen and oxygen atoms in total. The highest BCUT2D eigenvalue weighted by Gasteiger charge is 2.42. The molecule has 0 radical (unpaired) electrons. The van der Waals surface area contributed by atoms with E-state index in [0.717, 1.165) is 23.8 Å². The van der Waals surface area contributed by atoms with E-state index in [1.54, 1.807) is 6.20 Å². The van der Waals surface area contributed by atoms with Gasteiger partial charge in [0, 0.05) is 30.2 Å². The van der Waals surface area contributed by atoms with Crippen LogP contribution in [0.2, 0.25) is 0 Å². The number of H-pyrrole nitrogens is 1. The molecule has 1 aromatic carbocycles. The molecule has 2 N–H and O–H groups in total. The number of fused-ring (bicyclic) bond motifs is 2. The number of likely N-dealkylation sites (tertiary alicyclic amines) is 1. The summed E-state index contributed by atoms with van der Waals surface area (Å²) in [6.45, 7) is 2.59. The van der Waals surface area contributed by atoms with Crippen LogP contribution in [0.25, 0.3) is 10.8 Å². The number of aromatic nitrogens is 1. The summed E-state index contributed by atoms with van der Waals surface area (Å²) in [7, 11) is 0. The fraction of sp³-hybridized carbons (Fsp3) is 0.500. The molecule has 25 heavy (non-hydrogen) atoms. The fourth-order valence-electron chi connectivity index (χ4n) is 4.74. The topological polar surface area (TPSA) is 65.2 Å². The van der Waals surface area contributed by atoms with Crippen molar-refractivity contribution in [3.63, 3.8) is 0 Å². The summed E-state index contributed by atoms with van der Waals surface area (Å²) >= 11 is 0. The van der Waals surface area contributed by atoms with E-state index in [1.165, 1.54) is 19.3 Å². The largest absolute Gasteiger partial charge is 0.334 e. The molecule has 1 aliphatic carbocycles. The van der Waals surface area contributed by atoms with E-state index >= 15 is 0 Å². The van der Waals surface area contributed by atoms with Crippen LogP contribution in [0, 0.1) is 5.92 Å². The molecule has 0 spiro atoms. The summed E-state index contributed by atoms with van der Waals surface area (Å²) < 4.78 is 0. The third-order valence-corrected chi connectivity index (χ3v) is 5.90. The maximum atomic E-state index is 12.8. The van der Waals surface area contributed by atoms with Gasteiger partial charge in [-0.3, -0.25) is 4.79 Å². The van der Waals surface area contributed by atoms with Gasteiger partial charge in [-0.25, -0.2) is 4.79 Å². The van der Waals surface area contributed by atoms with Crippen molar-refractivity contribution in [1.29, 1.82) is 0 Å². The van der Waals surface area contributed by atoms with Gasteiger partial charge in [0.15, 0.2) is 0 Å². The Morgan fingerprint density at radius 2 is 2.00 bits per heavy atom. The van der Waals surface area contributed by atoms with Gasteiger partial charge >= 0.3 is 6.03 Å². The number of rotatable bonds is 2. The Kier molecular flexibility index (Phi) is 4.24. The number of nitrogens with one attached hydrogen (secondary N) is 2. The second-order valence-corrected chi connectivity index (χ2v) is 7.45. The van der Waals surface area contributed by atoms with Gasteiger partial charge in [0.25, 0.3) is 5.56 Å². The van der Waals surface area contributed by atoms with E-state index in [9.17, 15) is 9.59 Å². The molecule has 1 aliphatic heterocycles. The molecule has 0 bridgehead atoms. The van der Waals surface area contributed by atoms with Crippen molar-refractivity contribution in [1.82, 2.24) is 15.2 Å². The predicted octanol–water partition coefficient (Wildman–Crippen LogP) is 3.39. The standard InChI is InChI=1S/C20H25N3O2/c1-13-10-14-6-2-5-9-18(14)23(13)20(25)22-12-15-11-21-19(24)17-8-4-3-7-16(15)17/h3-4,7-8,11,13-14,18H,2,5-6,9-10,12H2,1H3,(H,21,24)(H,22,25). The summed E-state index contributed by atoms with van der Waals surface area (Å²) in [6.07, 6.45) is 7.74. The van der Waals surface area contributed by atoms with Gasteiger partial charge in [-0.15, -0.1) is 0 Å². The predicted molar refractivity (Wildman–Crippen MR) is 98.5 cm³/mol. The first-order valence-corrected chi connectivity index (χ1v) is 9.30. The Bertz CT molecular complexity index is 844.